The van der Waals surface area contributed by atoms with E-state index in [9.17, 15) is 24.9 Å². The molecule has 8 nitrogen and oxygen atoms in total. The molecule has 0 aromatic heterocycles. The van der Waals surface area contributed by atoms with Gasteiger partial charge in [-0.1, -0.05) is 0 Å². The summed E-state index contributed by atoms with van der Waals surface area (Å²) >= 11 is 7.31. The molecular formula is C19H35ClN2O6S. The molecule has 8 atom stereocenters. The fraction of sp³-hybridized carbons (Fsp3) is 0.895. The smallest absolute Gasteiger partial charge is 0.237 e. The largest absolute Gasteiger partial charge is 0.391 e. The van der Waals surface area contributed by atoms with Crippen molar-refractivity contribution in [1.82, 2.24) is 10.6 Å². The highest BCUT2D eigenvalue weighted by Gasteiger charge is 2.34. The van der Waals surface area contributed by atoms with Crippen molar-refractivity contribution in [3.05, 3.63) is 0 Å². The zero-order valence-corrected chi connectivity index (χ0v) is 18.9. The van der Waals surface area contributed by atoms with E-state index in [2.05, 4.69) is 10.6 Å². The molecule has 6 unspecified atom stereocenters. The molecule has 1 aliphatic heterocycles. The van der Waals surface area contributed by atoms with Crippen LogP contribution in [0.3, 0.4) is 0 Å². The first-order valence-electron chi connectivity index (χ1n) is 10.0. The van der Waals surface area contributed by atoms with Crippen LogP contribution >= 0.6 is 23.4 Å². The maximum Gasteiger partial charge on any atom is 0.237 e. The average Bonchev–Trinajstić information content (AvgIpc) is 2.93. The number of thioether (sulfide) groups is 1. The van der Waals surface area contributed by atoms with E-state index < -0.39 is 41.4 Å². The highest BCUT2D eigenvalue weighted by molar-refractivity contribution is 7.99. The standard InChI is InChI=1S/C19H35ClN2O6S/c1-11(20)15(18(27)28-19(29-3)16(25)12(2)24)22-17(26)14-7-6-13(5-4-10-23)8-9-21-14/h10-16,18-19,21,24-25,27H,4-9H2,1-3H3,(H,22,26)/t11?,12-,13?,14?,15?,16?,18-,19?/m1/s1. The Balaban J connectivity index is 2.67. The fourth-order valence-electron chi connectivity index (χ4n) is 3.33. The van der Waals surface area contributed by atoms with E-state index in [0.717, 1.165) is 37.3 Å². The second kappa shape index (κ2) is 13.8. The number of nitrogens with one attached hydrogen (secondary N) is 2. The molecule has 10 heteroatoms. The van der Waals surface area contributed by atoms with Gasteiger partial charge in [0.05, 0.1) is 23.6 Å². The summed E-state index contributed by atoms with van der Waals surface area (Å²) in [4.78, 5) is 23.3. The first kappa shape index (κ1) is 26.6. The van der Waals surface area contributed by atoms with Crippen LogP contribution < -0.4 is 10.6 Å². The third kappa shape index (κ3) is 9.08. The predicted molar refractivity (Wildman–Crippen MR) is 114 cm³/mol. The molecule has 0 aromatic rings. The Kier molecular flexibility index (Phi) is 12.7. The van der Waals surface area contributed by atoms with Crippen molar-refractivity contribution in [2.75, 3.05) is 12.8 Å². The van der Waals surface area contributed by atoms with E-state index in [4.69, 9.17) is 16.3 Å². The Bertz CT molecular complexity index is 499. The lowest BCUT2D eigenvalue weighted by molar-refractivity contribution is -0.165. The van der Waals surface area contributed by atoms with Gasteiger partial charge >= 0.3 is 0 Å². The number of alkyl halides is 1. The number of hydrogen-bond acceptors (Lipinski definition) is 8. The first-order chi connectivity index (χ1) is 13.7. The second-order valence-corrected chi connectivity index (χ2v) is 9.18. The van der Waals surface area contributed by atoms with Crippen LogP contribution in [0, 0.1) is 5.92 Å². The summed E-state index contributed by atoms with van der Waals surface area (Å²) in [5.74, 6) is 0.129. The maximum atomic E-state index is 12.7. The monoisotopic (exact) mass is 454 g/mol. The molecule has 29 heavy (non-hydrogen) atoms. The highest BCUT2D eigenvalue weighted by atomic mass is 35.5. The Morgan fingerprint density at radius 2 is 2.00 bits per heavy atom. The van der Waals surface area contributed by atoms with Gasteiger partial charge in [-0.05, 0) is 58.2 Å². The van der Waals surface area contributed by atoms with Crippen LogP contribution in [-0.2, 0) is 14.3 Å². The molecule has 1 amide bonds. The van der Waals surface area contributed by atoms with Crippen molar-refractivity contribution in [1.29, 1.82) is 0 Å². The van der Waals surface area contributed by atoms with E-state index in [1.807, 2.05) is 0 Å². The number of carbonyl (C=O) groups excluding carboxylic acids is 2. The van der Waals surface area contributed by atoms with Gasteiger partial charge < -0.3 is 35.5 Å². The van der Waals surface area contributed by atoms with E-state index in [1.165, 1.54) is 6.92 Å². The zero-order chi connectivity index (χ0) is 22.0. The van der Waals surface area contributed by atoms with E-state index >= 15 is 0 Å². The fourth-order valence-corrected chi connectivity index (χ4v) is 4.25. The molecule has 1 saturated heterocycles. The van der Waals surface area contributed by atoms with Crippen molar-refractivity contribution in [3.63, 3.8) is 0 Å². The van der Waals surface area contributed by atoms with Crippen molar-refractivity contribution in [3.8, 4) is 0 Å². The summed E-state index contributed by atoms with van der Waals surface area (Å²) in [7, 11) is 0. The Labute approximate surface area is 182 Å². The molecule has 0 bridgehead atoms. The van der Waals surface area contributed by atoms with Crippen LogP contribution in [0.1, 0.15) is 46.0 Å². The molecule has 170 valence electrons. The van der Waals surface area contributed by atoms with Crippen molar-refractivity contribution in [2.24, 2.45) is 5.92 Å². The van der Waals surface area contributed by atoms with E-state index in [1.54, 1.807) is 13.2 Å². The molecule has 0 aromatic carbocycles. The number of ether oxygens (including phenoxy) is 1. The van der Waals surface area contributed by atoms with Crippen LogP contribution in [0.15, 0.2) is 0 Å². The van der Waals surface area contributed by atoms with Crippen LogP contribution in [-0.4, -0.2) is 81.7 Å². The highest BCUT2D eigenvalue weighted by Crippen LogP contribution is 2.22. The number of aldehydes is 1. The SMILES string of the molecule is CSC(O[C@@H](O)C(NC(=O)C1CCC(CCC=O)CCN1)C(C)Cl)C(O)[C@@H](C)O. The molecule has 0 saturated carbocycles. The number of hydrogen-bond donors (Lipinski definition) is 5. The molecule has 1 rings (SSSR count). The quantitative estimate of drug-likeness (QED) is 0.165. The van der Waals surface area contributed by atoms with Gasteiger partial charge in [0.1, 0.15) is 17.8 Å². The summed E-state index contributed by atoms with van der Waals surface area (Å²) < 4.78 is 5.48. The Morgan fingerprint density at radius 1 is 1.31 bits per heavy atom. The van der Waals surface area contributed by atoms with Crippen molar-refractivity contribution >= 4 is 35.6 Å². The van der Waals surface area contributed by atoms with Crippen LogP contribution in [0.4, 0.5) is 0 Å². The van der Waals surface area contributed by atoms with Crippen LogP contribution in [0.25, 0.3) is 0 Å². The third-order valence-electron chi connectivity index (χ3n) is 5.21. The lowest BCUT2D eigenvalue weighted by Crippen LogP contribution is -2.55. The van der Waals surface area contributed by atoms with Gasteiger partial charge in [0.2, 0.25) is 5.91 Å². The number of aliphatic hydroxyl groups is 3. The average molecular weight is 455 g/mol. The number of carbonyl (C=O) groups is 2. The summed E-state index contributed by atoms with van der Waals surface area (Å²) in [6, 6.07) is -1.31. The molecule has 1 aliphatic rings. The molecular weight excluding hydrogens is 420 g/mol. The van der Waals surface area contributed by atoms with Crippen molar-refractivity contribution < 1.29 is 29.6 Å². The first-order valence-corrected chi connectivity index (χ1v) is 11.8. The van der Waals surface area contributed by atoms with Gasteiger partial charge in [0.25, 0.3) is 0 Å². The van der Waals surface area contributed by atoms with Crippen molar-refractivity contribution in [2.45, 2.75) is 87.3 Å². The number of aliphatic hydroxyl groups excluding tert-OH is 3. The van der Waals surface area contributed by atoms with Gasteiger partial charge in [-0.3, -0.25) is 4.79 Å². The van der Waals surface area contributed by atoms with Gasteiger partial charge in [-0.15, -0.1) is 23.4 Å². The van der Waals surface area contributed by atoms with Gasteiger partial charge in [0.15, 0.2) is 6.29 Å². The molecule has 0 radical (unpaired) electrons. The minimum Gasteiger partial charge on any atom is -0.391 e. The van der Waals surface area contributed by atoms with E-state index in [-0.39, 0.29) is 5.91 Å². The van der Waals surface area contributed by atoms with Crippen LogP contribution in [0.5, 0.6) is 0 Å². The minimum atomic E-state index is -1.46. The van der Waals surface area contributed by atoms with Gasteiger partial charge in [-0.2, -0.15) is 0 Å². The summed E-state index contributed by atoms with van der Waals surface area (Å²) in [6.45, 7) is 3.73. The number of rotatable bonds is 12. The maximum absolute atomic E-state index is 12.7. The molecule has 0 spiro atoms. The molecule has 1 fully saturated rings. The Hall–Kier alpha value is -0.420. The van der Waals surface area contributed by atoms with Crippen LogP contribution in [0.2, 0.25) is 0 Å². The summed E-state index contributed by atoms with van der Waals surface area (Å²) in [5, 5.41) is 35.4. The van der Waals surface area contributed by atoms with Gasteiger partial charge in [-0.25, -0.2) is 0 Å². The Morgan fingerprint density at radius 3 is 2.55 bits per heavy atom. The lowest BCUT2D eigenvalue weighted by atomic mass is 9.94. The second-order valence-electron chi connectivity index (χ2n) is 7.56. The minimum absolute atomic E-state index is 0.280. The third-order valence-corrected chi connectivity index (χ3v) is 6.33. The molecule has 5 N–H and O–H groups in total. The normalized spacial score (nSPS) is 26.4. The molecule has 0 aliphatic carbocycles. The predicted octanol–water partition coefficient (Wildman–Crippen LogP) is 0.602. The summed E-state index contributed by atoms with van der Waals surface area (Å²) in [5.41, 5.74) is -0.880. The molecule has 1 heterocycles. The van der Waals surface area contributed by atoms with Gasteiger partial charge in [0, 0.05) is 6.42 Å². The number of halogens is 1. The summed E-state index contributed by atoms with van der Waals surface area (Å²) in [6.07, 6.45) is 2.65. The van der Waals surface area contributed by atoms with E-state index in [0.29, 0.717) is 25.3 Å². The lowest BCUT2D eigenvalue weighted by Gasteiger charge is -2.32. The topological polar surface area (TPSA) is 128 Å². The zero-order valence-electron chi connectivity index (χ0n) is 17.3. The number of amides is 1.